The van der Waals surface area contributed by atoms with Crippen molar-refractivity contribution >= 4 is 17.4 Å². The van der Waals surface area contributed by atoms with Crippen molar-refractivity contribution in [2.45, 2.75) is 52.3 Å². The molecule has 0 amide bonds. The van der Waals surface area contributed by atoms with E-state index in [0.29, 0.717) is 6.04 Å². The number of halogens is 1. The fourth-order valence-electron chi connectivity index (χ4n) is 2.63. The number of anilines is 1. The first-order valence-electron chi connectivity index (χ1n) is 7.89. The molecule has 2 heterocycles. The van der Waals surface area contributed by atoms with Gasteiger partial charge in [-0.25, -0.2) is 4.98 Å². The van der Waals surface area contributed by atoms with E-state index < -0.39 is 0 Å². The molecular formula is C16H26ClN3O. The van der Waals surface area contributed by atoms with E-state index in [1.807, 2.05) is 12.3 Å². The molecule has 1 aliphatic rings. The average Bonchev–Trinajstić information content (AvgIpc) is 2.48. The molecule has 0 spiro atoms. The molecule has 0 aliphatic carbocycles. The summed E-state index contributed by atoms with van der Waals surface area (Å²) in [4.78, 5) is 6.90. The van der Waals surface area contributed by atoms with Gasteiger partial charge in [-0.15, -0.1) is 0 Å². The summed E-state index contributed by atoms with van der Waals surface area (Å²) in [5, 5.41) is 4.11. The van der Waals surface area contributed by atoms with Crippen LogP contribution in [-0.4, -0.2) is 36.8 Å². The Hall–Kier alpha value is -0.840. The Kier molecular flexibility index (Phi) is 6.27. The zero-order chi connectivity index (χ0) is 15.2. The van der Waals surface area contributed by atoms with E-state index in [1.165, 1.54) is 0 Å². The average molecular weight is 312 g/mol. The maximum absolute atomic E-state index is 6.47. The topological polar surface area (TPSA) is 37.4 Å². The van der Waals surface area contributed by atoms with Crippen molar-refractivity contribution in [3.63, 3.8) is 0 Å². The lowest BCUT2D eigenvalue weighted by atomic mass is 10.1. The van der Waals surface area contributed by atoms with Crippen LogP contribution in [0.3, 0.4) is 0 Å². The van der Waals surface area contributed by atoms with Crippen LogP contribution in [0.5, 0.6) is 0 Å². The third-order valence-electron chi connectivity index (χ3n) is 3.85. The van der Waals surface area contributed by atoms with Gasteiger partial charge in [0, 0.05) is 19.3 Å². The Balaban J connectivity index is 2.11. The molecule has 4 nitrogen and oxygen atoms in total. The minimum atomic E-state index is 0.219. The van der Waals surface area contributed by atoms with Gasteiger partial charge in [-0.1, -0.05) is 25.4 Å². The molecule has 21 heavy (non-hydrogen) atoms. The monoisotopic (exact) mass is 311 g/mol. The summed E-state index contributed by atoms with van der Waals surface area (Å²) >= 11 is 6.47. The number of rotatable bonds is 6. The van der Waals surface area contributed by atoms with Gasteiger partial charge in [0.05, 0.1) is 23.8 Å². The van der Waals surface area contributed by atoms with Crippen LogP contribution >= 0.6 is 11.6 Å². The van der Waals surface area contributed by atoms with Crippen molar-refractivity contribution in [3.8, 4) is 0 Å². The highest BCUT2D eigenvalue weighted by atomic mass is 35.5. The molecule has 118 valence electrons. The highest BCUT2D eigenvalue weighted by molar-refractivity contribution is 6.33. The van der Waals surface area contributed by atoms with Crippen LogP contribution in [0.25, 0.3) is 0 Å². The molecule has 0 radical (unpaired) electrons. The molecule has 2 rings (SSSR count). The number of nitrogens with zero attached hydrogens (tertiary/aromatic N) is 2. The van der Waals surface area contributed by atoms with Gasteiger partial charge in [0.25, 0.3) is 0 Å². The predicted molar refractivity (Wildman–Crippen MR) is 88.1 cm³/mol. The Morgan fingerprint density at radius 1 is 1.48 bits per heavy atom. The summed E-state index contributed by atoms with van der Waals surface area (Å²) in [6, 6.07) is 2.38. The first-order chi connectivity index (χ1) is 10.2. The zero-order valence-electron chi connectivity index (χ0n) is 13.2. The standard InChI is InChI=1S/C16H26ClN3O/c1-4-6-18-8-13-7-15(17)16(19-9-13)20-10-12(3)21-11-14(20)5-2/h7,9,12,14,18H,4-6,8,10-11H2,1-3H3. The second kappa shape index (κ2) is 7.97. The van der Waals surface area contributed by atoms with E-state index in [1.54, 1.807) is 0 Å². The third kappa shape index (κ3) is 4.31. The van der Waals surface area contributed by atoms with E-state index in [4.69, 9.17) is 16.3 Å². The van der Waals surface area contributed by atoms with Gasteiger partial charge in [-0.3, -0.25) is 0 Å². The summed E-state index contributed by atoms with van der Waals surface area (Å²) in [6.45, 7) is 9.85. The van der Waals surface area contributed by atoms with Crippen molar-refractivity contribution < 1.29 is 4.74 Å². The van der Waals surface area contributed by atoms with E-state index in [-0.39, 0.29) is 6.10 Å². The molecule has 0 saturated carbocycles. The first kappa shape index (κ1) is 16.5. The summed E-state index contributed by atoms with van der Waals surface area (Å²) < 4.78 is 5.74. The Morgan fingerprint density at radius 3 is 2.95 bits per heavy atom. The third-order valence-corrected chi connectivity index (χ3v) is 4.12. The van der Waals surface area contributed by atoms with E-state index in [9.17, 15) is 0 Å². The van der Waals surface area contributed by atoms with Crippen molar-refractivity contribution in [2.24, 2.45) is 0 Å². The second-order valence-corrected chi connectivity index (χ2v) is 6.09. The normalized spacial score (nSPS) is 22.6. The van der Waals surface area contributed by atoms with Crippen molar-refractivity contribution in [2.75, 3.05) is 24.6 Å². The Bertz CT molecular complexity index is 455. The van der Waals surface area contributed by atoms with Gasteiger partial charge < -0.3 is 15.0 Å². The number of hydrogen-bond acceptors (Lipinski definition) is 4. The van der Waals surface area contributed by atoms with Gasteiger partial charge in [0.15, 0.2) is 0 Å². The smallest absolute Gasteiger partial charge is 0.147 e. The van der Waals surface area contributed by atoms with Gasteiger partial charge >= 0.3 is 0 Å². The van der Waals surface area contributed by atoms with E-state index in [0.717, 1.165) is 55.5 Å². The molecule has 2 atom stereocenters. The first-order valence-corrected chi connectivity index (χ1v) is 8.26. The molecule has 1 aromatic rings. The maximum atomic E-state index is 6.47. The van der Waals surface area contributed by atoms with Gasteiger partial charge in [0.2, 0.25) is 0 Å². The second-order valence-electron chi connectivity index (χ2n) is 5.68. The fourth-order valence-corrected chi connectivity index (χ4v) is 2.93. The highest BCUT2D eigenvalue weighted by Gasteiger charge is 2.28. The van der Waals surface area contributed by atoms with Gasteiger partial charge in [0.1, 0.15) is 5.82 Å². The van der Waals surface area contributed by atoms with E-state index in [2.05, 4.69) is 36.0 Å². The number of morpholine rings is 1. The number of hydrogen-bond donors (Lipinski definition) is 1. The van der Waals surface area contributed by atoms with Crippen LogP contribution in [0.2, 0.25) is 5.02 Å². The summed E-state index contributed by atoms with van der Waals surface area (Å²) in [6.07, 6.45) is 4.31. The molecule has 0 aromatic carbocycles. The van der Waals surface area contributed by atoms with Crippen molar-refractivity contribution in [1.29, 1.82) is 0 Å². The van der Waals surface area contributed by atoms with Crippen molar-refractivity contribution in [1.82, 2.24) is 10.3 Å². The summed E-state index contributed by atoms with van der Waals surface area (Å²) in [7, 11) is 0. The molecule has 1 aliphatic heterocycles. The van der Waals surface area contributed by atoms with Gasteiger partial charge in [-0.2, -0.15) is 0 Å². The summed E-state index contributed by atoms with van der Waals surface area (Å²) in [5.41, 5.74) is 1.13. The molecular weight excluding hydrogens is 286 g/mol. The zero-order valence-corrected chi connectivity index (χ0v) is 14.0. The van der Waals surface area contributed by atoms with Crippen LogP contribution < -0.4 is 10.2 Å². The number of pyridine rings is 1. The Labute approximate surface area is 132 Å². The molecule has 1 saturated heterocycles. The number of ether oxygens (including phenoxy) is 1. The number of aromatic nitrogens is 1. The highest BCUT2D eigenvalue weighted by Crippen LogP contribution is 2.29. The fraction of sp³-hybridized carbons (Fsp3) is 0.688. The van der Waals surface area contributed by atoms with E-state index >= 15 is 0 Å². The maximum Gasteiger partial charge on any atom is 0.147 e. The Morgan fingerprint density at radius 2 is 2.29 bits per heavy atom. The predicted octanol–water partition coefficient (Wildman–Crippen LogP) is 3.24. The number of nitrogens with one attached hydrogen (secondary N) is 1. The minimum absolute atomic E-state index is 0.219. The van der Waals surface area contributed by atoms with Crippen LogP contribution in [-0.2, 0) is 11.3 Å². The molecule has 1 fully saturated rings. The lowest BCUT2D eigenvalue weighted by Gasteiger charge is -2.39. The molecule has 1 N–H and O–H groups in total. The molecule has 1 aromatic heterocycles. The van der Waals surface area contributed by atoms with Crippen LogP contribution in [0, 0.1) is 0 Å². The van der Waals surface area contributed by atoms with Crippen molar-refractivity contribution in [3.05, 3.63) is 22.8 Å². The summed E-state index contributed by atoms with van der Waals surface area (Å²) in [5.74, 6) is 0.887. The molecule has 0 bridgehead atoms. The largest absolute Gasteiger partial charge is 0.375 e. The van der Waals surface area contributed by atoms with Crippen LogP contribution in [0.4, 0.5) is 5.82 Å². The molecule has 5 heteroatoms. The SMILES string of the molecule is CCCNCc1cnc(N2CC(C)OCC2CC)c(Cl)c1. The quantitative estimate of drug-likeness (QED) is 0.818. The lowest BCUT2D eigenvalue weighted by molar-refractivity contribution is 0.0296. The van der Waals surface area contributed by atoms with Crippen LogP contribution in [0.15, 0.2) is 12.3 Å². The van der Waals surface area contributed by atoms with Crippen LogP contribution in [0.1, 0.15) is 39.2 Å². The minimum Gasteiger partial charge on any atom is -0.375 e. The van der Waals surface area contributed by atoms with Gasteiger partial charge in [-0.05, 0) is 37.9 Å². The molecule has 2 unspecified atom stereocenters. The lowest BCUT2D eigenvalue weighted by Crippen LogP contribution is -2.49.